The molecule has 0 saturated heterocycles. The Balaban J connectivity index is 2.11. The molecule has 0 radical (unpaired) electrons. The maximum absolute atomic E-state index is 11.5. The third-order valence-electron chi connectivity index (χ3n) is 3.74. The Labute approximate surface area is 126 Å². The zero-order chi connectivity index (χ0) is 15.1. The maximum atomic E-state index is 11.5. The Morgan fingerprint density at radius 2 is 2.05 bits per heavy atom. The van der Waals surface area contributed by atoms with E-state index >= 15 is 0 Å². The summed E-state index contributed by atoms with van der Waals surface area (Å²) in [7, 11) is 1.64. The van der Waals surface area contributed by atoms with Crippen LogP contribution < -0.4 is 5.76 Å². The van der Waals surface area contributed by atoms with Crippen LogP contribution in [0.1, 0.15) is 22.8 Å². The standard InChI is InChI=1S/C16H14ClNO3/c1-9-11(4-3-5-12(9)17)15(19)10-6-7-13-14(8-10)21-16(20)18(13)2/h3-8,15,19H,1-2H3. The van der Waals surface area contributed by atoms with Crippen LogP contribution in [0.5, 0.6) is 0 Å². The van der Waals surface area contributed by atoms with Crippen LogP contribution in [0.25, 0.3) is 11.1 Å². The lowest BCUT2D eigenvalue weighted by molar-refractivity contribution is 0.219. The van der Waals surface area contributed by atoms with Crippen LogP contribution in [0.2, 0.25) is 5.02 Å². The number of halogens is 1. The summed E-state index contributed by atoms with van der Waals surface area (Å²) in [6.45, 7) is 1.86. The van der Waals surface area contributed by atoms with Crippen LogP contribution in [-0.2, 0) is 7.05 Å². The van der Waals surface area contributed by atoms with Crippen molar-refractivity contribution >= 4 is 22.7 Å². The molecule has 1 aromatic heterocycles. The lowest BCUT2D eigenvalue weighted by Gasteiger charge is -2.15. The molecule has 3 aromatic rings. The van der Waals surface area contributed by atoms with Crippen molar-refractivity contribution in [1.82, 2.24) is 4.57 Å². The van der Waals surface area contributed by atoms with Gasteiger partial charge in [0.1, 0.15) is 6.10 Å². The molecule has 0 aliphatic heterocycles. The summed E-state index contributed by atoms with van der Waals surface area (Å²) in [5.74, 6) is -0.421. The van der Waals surface area contributed by atoms with Crippen LogP contribution in [0.4, 0.5) is 0 Å². The molecule has 1 atom stereocenters. The number of benzene rings is 2. The van der Waals surface area contributed by atoms with Crippen molar-refractivity contribution in [2.75, 3.05) is 0 Å². The SMILES string of the molecule is Cc1c(Cl)cccc1C(O)c1ccc2c(c1)oc(=O)n2C. The Morgan fingerprint density at radius 1 is 1.29 bits per heavy atom. The fourth-order valence-electron chi connectivity index (χ4n) is 2.42. The van der Waals surface area contributed by atoms with Crippen LogP contribution >= 0.6 is 11.6 Å². The van der Waals surface area contributed by atoms with Gasteiger partial charge in [-0.15, -0.1) is 0 Å². The van der Waals surface area contributed by atoms with Gasteiger partial charge in [0.15, 0.2) is 5.58 Å². The molecule has 5 heteroatoms. The third-order valence-corrected chi connectivity index (χ3v) is 4.15. The molecule has 3 rings (SSSR count). The molecule has 108 valence electrons. The van der Waals surface area contributed by atoms with E-state index < -0.39 is 11.9 Å². The number of nitrogens with zero attached hydrogens (tertiary/aromatic N) is 1. The van der Waals surface area contributed by atoms with Gasteiger partial charge in [-0.3, -0.25) is 4.57 Å². The number of fused-ring (bicyclic) bond motifs is 1. The van der Waals surface area contributed by atoms with Crippen molar-refractivity contribution in [3.8, 4) is 0 Å². The van der Waals surface area contributed by atoms with Gasteiger partial charge in [0, 0.05) is 12.1 Å². The van der Waals surface area contributed by atoms with E-state index in [1.807, 2.05) is 13.0 Å². The molecule has 0 aliphatic rings. The summed E-state index contributed by atoms with van der Waals surface area (Å²) < 4.78 is 6.58. The van der Waals surface area contributed by atoms with Gasteiger partial charge in [0.2, 0.25) is 0 Å². The first kappa shape index (κ1) is 13.9. The van der Waals surface area contributed by atoms with Crippen LogP contribution in [0.3, 0.4) is 0 Å². The smallest absolute Gasteiger partial charge is 0.408 e. The van der Waals surface area contributed by atoms with Crippen molar-refractivity contribution in [1.29, 1.82) is 0 Å². The number of oxazole rings is 1. The number of aromatic nitrogens is 1. The second-order valence-corrected chi connectivity index (χ2v) is 5.42. The van der Waals surface area contributed by atoms with E-state index in [0.717, 1.165) is 11.1 Å². The summed E-state index contributed by atoms with van der Waals surface area (Å²) in [5.41, 5.74) is 3.38. The van der Waals surface area contributed by atoms with Crippen LogP contribution in [-0.4, -0.2) is 9.67 Å². The van der Waals surface area contributed by atoms with Crippen molar-refractivity contribution in [2.45, 2.75) is 13.0 Å². The Bertz CT molecular complexity index is 879. The minimum atomic E-state index is -0.821. The molecule has 0 spiro atoms. The normalized spacial score (nSPS) is 12.8. The molecule has 4 nitrogen and oxygen atoms in total. The number of hydrogen-bond acceptors (Lipinski definition) is 3. The third kappa shape index (κ3) is 2.26. The van der Waals surface area contributed by atoms with E-state index in [-0.39, 0.29) is 0 Å². The number of aryl methyl sites for hydroxylation is 1. The monoisotopic (exact) mass is 303 g/mol. The Kier molecular flexibility index (Phi) is 3.35. The zero-order valence-electron chi connectivity index (χ0n) is 11.6. The van der Waals surface area contributed by atoms with Gasteiger partial charge >= 0.3 is 5.76 Å². The predicted octanol–water partition coefficient (Wildman–Crippen LogP) is 3.18. The zero-order valence-corrected chi connectivity index (χ0v) is 12.4. The van der Waals surface area contributed by atoms with E-state index in [0.29, 0.717) is 21.7 Å². The number of aliphatic hydroxyl groups is 1. The molecule has 1 heterocycles. The van der Waals surface area contributed by atoms with Gasteiger partial charge in [-0.25, -0.2) is 4.79 Å². The Hall–Kier alpha value is -2.04. The number of rotatable bonds is 2. The number of hydrogen-bond donors (Lipinski definition) is 1. The van der Waals surface area contributed by atoms with Gasteiger partial charge < -0.3 is 9.52 Å². The first-order chi connectivity index (χ1) is 9.99. The maximum Gasteiger partial charge on any atom is 0.419 e. The lowest BCUT2D eigenvalue weighted by atomic mass is 9.97. The molecule has 0 aliphatic carbocycles. The highest BCUT2D eigenvalue weighted by atomic mass is 35.5. The lowest BCUT2D eigenvalue weighted by Crippen LogP contribution is -2.08. The van der Waals surface area contributed by atoms with Crippen molar-refractivity contribution in [3.05, 3.63) is 68.7 Å². The summed E-state index contributed by atoms with van der Waals surface area (Å²) in [4.78, 5) is 11.5. The molecule has 1 N–H and O–H groups in total. The van der Waals surface area contributed by atoms with Crippen LogP contribution in [0.15, 0.2) is 45.6 Å². The van der Waals surface area contributed by atoms with Gasteiger partial charge in [-0.1, -0.05) is 29.8 Å². The highest BCUT2D eigenvalue weighted by Crippen LogP contribution is 2.30. The van der Waals surface area contributed by atoms with Gasteiger partial charge in [0.05, 0.1) is 5.52 Å². The fourth-order valence-corrected chi connectivity index (χ4v) is 2.60. The molecule has 2 aromatic carbocycles. The van der Waals surface area contributed by atoms with E-state index in [1.165, 1.54) is 4.57 Å². The predicted molar refractivity (Wildman–Crippen MR) is 81.7 cm³/mol. The second kappa shape index (κ2) is 5.06. The quantitative estimate of drug-likeness (QED) is 0.791. The van der Waals surface area contributed by atoms with Crippen LogP contribution in [0, 0.1) is 6.92 Å². The van der Waals surface area contributed by atoms with E-state index in [2.05, 4.69) is 0 Å². The van der Waals surface area contributed by atoms with Crippen molar-refractivity contribution < 1.29 is 9.52 Å². The molecule has 0 saturated carbocycles. The Morgan fingerprint density at radius 3 is 2.81 bits per heavy atom. The first-order valence-electron chi connectivity index (χ1n) is 6.51. The van der Waals surface area contributed by atoms with E-state index in [1.54, 1.807) is 37.4 Å². The van der Waals surface area contributed by atoms with Crippen molar-refractivity contribution in [3.63, 3.8) is 0 Å². The summed E-state index contributed by atoms with van der Waals surface area (Å²) in [6, 6.07) is 10.6. The minimum absolute atomic E-state index is 0.421. The van der Waals surface area contributed by atoms with Crippen molar-refractivity contribution in [2.24, 2.45) is 7.05 Å². The second-order valence-electron chi connectivity index (χ2n) is 5.01. The number of aliphatic hydroxyl groups excluding tert-OH is 1. The van der Waals surface area contributed by atoms with E-state index in [4.69, 9.17) is 16.0 Å². The molecule has 1 unspecified atom stereocenters. The highest BCUT2D eigenvalue weighted by Gasteiger charge is 2.16. The fraction of sp³-hybridized carbons (Fsp3) is 0.188. The van der Waals surface area contributed by atoms with E-state index in [9.17, 15) is 9.90 Å². The largest absolute Gasteiger partial charge is 0.419 e. The van der Waals surface area contributed by atoms with Gasteiger partial charge in [0.25, 0.3) is 0 Å². The molecular weight excluding hydrogens is 290 g/mol. The highest BCUT2D eigenvalue weighted by molar-refractivity contribution is 6.31. The molecule has 0 bridgehead atoms. The summed E-state index contributed by atoms with van der Waals surface area (Å²) in [5, 5.41) is 11.2. The topological polar surface area (TPSA) is 55.4 Å². The molecule has 0 amide bonds. The molecular formula is C16H14ClNO3. The molecule has 0 fully saturated rings. The van der Waals surface area contributed by atoms with Gasteiger partial charge in [-0.05, 0) is 41.8 Å². The average Bonchev–Trinajstić information content (AvgIpc) is 2.76. The van der Waals surface area contributed by atoms with Gasteiger partial charge in [-0.2, -0.15) is 0 Å². The summed E-state index contributed by atoms with van der Waals surface area (Å²) >= 11 is 6.09. The summed E-state index contributed by atoms with van der Waals surface area (Å²) in [6.07, 6.45) is -0.821. The minimum Gasteiger partial charge on any atom is -0.408 e. The molecule has 21 heavy (non-hydrogen) atoms. The average molecular weight is 304 g/mol. The first-order valence-corrected chi connectivity index (χ1v) is 6.89.